The summed E-state index contributed by atoms with van der Waals surface area (Å²) >= 11 is 1.54. The van der Waals surface area contributed by atoms with E-state index in [0.717, 1.165) is 35.4 Å². The molecule has 1 aliphatic rings. The van der Waals surface area contributed by atoms with Crippen LogP contribution in [-0.2, 0) is 4.79 Å². The van der Waals surface area contributed by atoms with Gasteiger partial charge in [0, 0.05) is 5.92 Å². The molecule has 1 atom stereocenters. The van der Waals surface area contributed by atoms with Gasteiger partial charge >= 0.3 is 0 Å². The third-order valence-electron chi connectivity index (χ3n) is 3.70. The number of allylic oxidation sites excluding steroid dienone is 2. The number of hydrogen-bond acceptors (Lipinski definition) is 3. The van der Waals surface area contributed by atoms with Gasteiger partial charge in [0.05, 0.1) is 10.6 Å². The van der Waals surface area contributed by atoms with Crippen LogP contribution in [0, 0.1) is 12.8 Å². The van der Waals surface area contributed by atoms with Gasteiger partial charge < -0.3 is 5.32 Å². The molecule has 1 aromatic carbocycles. The predicted molar refractivity (Wildman–Crippen MR) is 87.4 cm³/mol. The Morgan fingerprint density at radius 1 is 1.29 bits per heavy atom. The molecular weight excluding hydrogens is 280 g/mol. The van der Waals surface area contributed by atoms with Gasteiger partial charge in [-0.15, -0.1) is 0 Å². The topological polar surface area (TPSA) is 42.0 Å². The molecule has 0 radical (unpaired) electrons. The van der Waals surface area contributed by atoms with Crippen molar-refractivity contribution in [3.05, 3.63) is 48.2 Å². The maximum Gasteiger partial charge on any atom is 0.229 e. The number of thiazole rings is 1. The fraction of sp³-hybridized carbons (Fsp3) is 0.294. The van der Waals surface area contributed by atoms with E-state index in [9.17, 15) is 4.79 Å². The number of benzene rings is 1. The highest BCUT2D eigenvalue weighted by Crippen LogP contribution is 2.33. The minimum atomic E-state index is 0.0828. The van der Waals surface area contributed by atoms with Gasteiger partial charge in [-0.3, -0.25) is 4.79 Å². The van der Waals surface area contributed by atoms with Crippen LogP contribution in [0.1, 0.15) is 25.0 Å². The number of aryl methyl sites for hydroxylation is 1. The first-order valence-electron chi connectivity index (χ1n) is 7.23. The van der Waals surface area contributed by atoms with E-state index >= 15 is 0 Å². The Kier molecular flexibility index (Phi) is 4.15. The first-order valence-corrected chi connectivity index (χ1v) is 8.04. The Hall–Kier alpha value is -1.94. The van der Waals surface area contributed by atoms with Crippen LogP contribution in [0.15, 0.2) is 42.5 Å². The van der Waals surface area contributed by atoms with Crippen molar-refractivity contribution < 1.29 is 4.79 Å². The van der Waals surface area contributed by atoms with Crippen molar-refractivity contribution in [2.24, 2.45) is 5.92 Å². The number of carbonyl (C=O) groups excluding carboxylic acids is 1. The zero-order valence-electron chi connectivity index (χ0n) is 12.0. The summed E-state index contributed by atoms with van der Waals surface area (Å²) in [5, 5.41) is 3.68. The van der Waals surface area contributed by atoms with Crippen LogP contribution < -0.4 is 5.32 Å². The van der Waals surface area contributed by atoms with E-state index in [-0.39, 0.29) is 11.8 Å². The lowest BCUT2D eigenvalue weighted by atomic mass is 9.94. The predicted octanol–water partition coefficient (Wildman–Crippen LogP) is 4.41. The number of anilines is 1. The van der Waals surface area contributed by atoms with E-state index in [2.05, 4.69) is 34.6 Å². The highest BCUT2D eigenvalue weighted by molar-refractivity contribution is 7.19. The second kappa shape index (κ2) is 6.22. The summed E-state index contributed by atoms with van der Waals surface area (Å²) in [5.41, 5.74) is 2.11. The molecule has 0 saturated carbocycles. The number of rotatable bonds is 3. The second-order valence-corrected chi connectivity index (χ2v) is 6.27. The largest absolute Gasteiger partial charge is 0.302 e. The normalized spacial score (nSPS) is 17.7. The summed E-state index contributed by atoms with van der Waals surface area (Å²) in [7, 11) is 0. The molecule has 0 spiro atoms. The van der Waals surface area contributed by atoms with Crippen LogP contribution in [0.3, 0.4) is 0 Å². The Bertz CT molecular complexity index is 661. The van der Waals surface area contributed by atoms with Crippen molar-refractivity contribution >= 4 is 22.4 Å². The average molecular weight is 298 g/mol. The Morgan fingerprint density at radius 3 is 2.81 bits per heavy atom. The molecule has 1 aliphatic carbocycles. The average Bonchev–Trinajstić information content (AvgIpc) is 2.89. The lowest BCUT2D eigenvalue weighted by Gasteiger charge is -2.15. The van der Waals surface area contributed by atoms with Crippen LogP contribution >= 0.6 is 11.3 Å². The molecule has 0 bridgehead atoms. The van der Waals surface area contributed by atoms with E-state index in [1.54, 1.807) is 11.3 Å². The maximum absolute atomic E-state index is 12.2. The van der Waals surface area contributed by atoms with Crippen LogP contribution in [0.5, 0.6) is 0 Å². The van der Waals surface area contributed by atoms with Gasteiger partial charge in [0.2, 0.25) is 5.91 Å². The van der Waals surface area contributed by atoms with Gasteiger partial charge in [-0.2, -0.15) is 0 Å². The molecule has 0 saturated heterocycles. The molecule has 1 aromatic heterocycles. The molecule has 108 valence electrons. The summed E-state index contributed by atoms with van der Waals surface area (Å²) in [5.74, 6) is 0.173. The van der Waals surface area contributed by atoms with Crippen molar-refractivity contribution in [3.8, 4) is 10.4 Å². The van der Waals surface area contributed by atoms with Gasteiger partial charge in [-0.25, -0.2) is 4.98 Å². The molecule has 1 amide bonds. The summed E-state index contributed by atoms with van der Waals surface area (Å²) in [6.07, 6.45) is 6.99. The molecule has 1 unspecified atom stereocenters. The Labute approximate surface area is 128 Å². The smallest absolute Gasteiger partial charge is 0.229 e. The lowest BCUT2D eigenvalue weighted by molar-refractivity contribution is -0.120. The van der Waals surface area contributed by atoms with Crippen LogP contribution in [0.4, 0.5) is 5.13 Å². The molecule has 1 heterocycles. The summed E-state index contributed by atoms with van der Waals surface area (Å²) < 4.78 is 0. The first kappa shape index (κ1) is 14.0. The molecule has 0 aliphatic heterocycles. The molecule has 3 rings (SSSR count). The van der Waals surface area contributed by atoms with Crippen LogP contribution in [0.2, 0.25) is 0 Å². The van der Waals surface area contributed by atoms with Gasteiger partial charge in [-0.1, -0.05) is 53.8 Å². The molecule has 4 heteroatoms. The molecule has 21 heavy (non-hydrogen) atoms. The zero-order chi connectivity index (χ0) is 14.7. The minimum Gasteiger partial charge on any atom is -0.302 e. The molecular formula is C17H18N2OS. The van der Waals surface area contributed by atoms with Crippen molar-refractivity contribution in [2.45, 2.75) is 26.2 Å². The quantitative estimate of drug-likeness (QED) is 0.853. The number of hydrogen-bond donors (Lipinski definition) is 1. The van der Waals surface area contributed by atoms with Gasteiger partial charge in [-0.05, 0) is 31.7 Å². The van der Waals surface area contributed by atoms with E-state index in [0.29, 0.717) is 5.13 Å². The van der Waals surface area contributed by atoms with Gasteiger partial charge in [0.1, 0.15) is 0 Å². The number of aromatic nitrogens is 1. The van der Waals surface area contributed by atoms with E-state index in [4.69, 9.17) is 0 Å². The van der Waals surface area contributed by atoms with E-state index in [1.165, 1.54) is 0 Å². The van der Waals surface area contributed by atoms with Gasteiger partial charge in [0.15, 0.2) is 5.13 Å². The molecule has 1 N–H and O–H groups in total. The van der Waals surface area contributed by atoms with Crippen molar-refractivity contribution in [1.29, 1.82) is 0 Å². The number of nitrogens with zero attached hydrogens (tertiary/aromatic N) is 1. The van der Waals surface area contributed by atoms with Crippen LogP contribution in [0.25, 0.3) is 10.4 Å². The minimum absolute atomic E-state index is 0.0828. The summed E-state index contributed by atoms with van der Waals surface area (Å²) in [6.45, 7) is 1.98. The Balaban J connectivity index is 1.75. The third-order valence-corrected chi connectivity index (χ3v) is 4.82. The standard InChI is InChI=1S/C17H18N2OS/c1-12-15(13-8-4-2-5-9-13)21-17(18-12)19-16(20)14-10-6-3-7-11-14/h2-6,8-9,14H,7,10-11H2,1H3,(H,18,19,20). The SMILES string of the molecule is Cc1nc(NC(=O)C2CC=CCC2)sc1-c1ccccc1. The lowest BCUT2D eigenvalue weighted by Crippen LogP contribution is -2.23. The molecule has 2 aromatic rings. The highest BCUT2D eigenvalue weighted by Gasteiger charge is 2.20. The zero-order valence-corrected chi connectivity index (χ0v) is 12.8. The monoisotopic (exact) mass is 298 g/mol. The number of nitrogens with one attached hydrogen (secondary N) is 1. The van der Waals surface area contributed by atoms with E-state index < -0.39 is 0 Å². The third kappa shape index (κ3) is 3.22. The van der Waals surface area contributed by atoms with Crippen molar-refractivity contribution in [2.75, 3.05) is 5.32 Å². The summed E-state index contributed by atoms with van der Waals surface area (Å²) in [6, 6.07) is 10.2. The molecule has 3 nitrogen and oxygen atoms in total. The second-order valence-electron chi connectivity index (χ2n) is 5.27. The van der Waals surface area contributed by atoms with Crippen molar-refractivity contribution in [1.82, 2.24) is 4.98 Å². The van der Waals surface area contributed by atoms with Crippen LogP contribution in [-0.4, -0.2) is 10.9 Å². The fourth-order valence-corrected chi connectivity index (χ4v) is 3.52. The number of carbonyl (C=O) groups is 1. The highest BCUT2D eigenvalue weighted by atomic mass is 32.1. The first-order chi connectivity index (χ1) is 10.2. The number of amides is 1. The van der Waals surface area contributed by atoms with Crippen molar-refractivity contribution in [3.63, 3.8) is 0 Å². The summed E-state index contributed by atoms with van der Waals surface area (Å²) in [4.78, 5) is 17.9. The Morgan fingerprint density at radius 2 is 2.10 bits per heavy atom. The maximum atomic E-state index is 12.2. The van der Waals surface area contributed by atoms with Gasteiger partial charge in [0.25, 0.3) is 0 Å². The van der Waals surface area contributed by atoms with E-state index in [1.807, 2.05) is 25.1 Å². The fourth-order valence-electron chi connectivity index (χ4n) is 2.55. The molecule has 0 fully saturated rings.